The number of hydrogen-bond donors (Lipinski definition) is 1. The third-order valence-electron chi connectivity index (χ3n) is 7.44. The Labute approximate surface area is 238 Å². The molecule has 0 atom stereocenters. The van der Waals surface area contributed by atoms with Gasteiger partial charge in [-0.2, -0.15) is 0 Å². The Bertz CT molecular complexity index is 1630. The van der Waals surface area contributed by atoms with Gasteiger partial charge in [-0.15, -0.1) is 12.6 Å². The lowest BCUT2D eigenvalue weighted by Crippen LogP contribution is -2.25. The van der Waals surface area contributed by atoms with E-state index in [1.807, 2.05) is 13.0 Å². The second kappa shape index (κ2) is 11.0. The molecule has 0 unspecified atom stereocenters. The molecule has 4 aromatic carbocycles. The summed E-state index contributed by atoms with van der Waals surface area (Å²) in [7, 11) is 0. The van der Waals surface area contributed by atoms with Crippen LogP contribution in [-0.4, -0.2) is 0 Å². The summed E-state index contributed by atoms with van der Waals surface area (Å²) < 4.78 is 0. The fourth-order valence-electron chi connectivity index (χ4n) is 6.22. The smallest absolute Gasteiger partial charge is 0.0725 e. The molecule has 2 aliphatic carbocycles. The first-order valence-electron chi connectivity index (χ1n) is 13.4. The summed E-state index contributed by atoms with van der Waals surface area (Å²) in [5.41, 5.74) is 14.1. The molecule has 0 nitrogen and oxygen atoms in total. The van der Waals surface area contributed by atoms with Crippen LogP contribution in [0, 0.1) is 0 Å². The number of fused-ring (bicyclic) bond motifs is 10. The fraction of sp³-hybridized carbons (Fsp3) is 0.105. The second-order valence-corrected chi connectivity index (χ2v) is 10.8. The minimum Gasteiger partial charge on any atom is -0.148 e. The Morgan fingerprint density at radius 2 is 1.23 bits per heavy atom. The van der Waals surface area contributed by atoms with Crippen LogP contribution in [0.25, 0.3) is 27.8 Å². The van der Waals surface area contributed by atoms with Gasteiger partial charge in [0.25, 0.3) is 0 Å². The van der Waals surface area contributed by atoms with E-state index in [0.717, 1.165) is 10.5 Å². The lowest BCUT2D eigenvalue weighted by molar-refractivity contribution is 0.793. The molecule has 0 aromatic heterocycles. The molecular formula is C38H34S. The lowest BCUT2D eigenvalue weighted by atomic mass is 9.70. The quantitative estimate of drug-likeness (QED) is 0.173. The summed E-state index contributed by atoms with van der Waals surface area (Å²) in [6.45, 7) is 13.7. The van der Waals surface area contributed by atoms with Gasteiger partial charge in [-0.05, 0) is 81.3 Å². The third-order valence-corrected chi connectivity index (χ3v) is 7.59. The van der Waals surface area contributed by atoms with Crippen LogP contribution in [0.4, 0.5) is 0 Å². The maximum absolute atomic E-state index is 4.16. The van der Waals surface area contributed by atoms with Crippen LogP contribution in [0.3, 0.4) is 0 Å². The SMILES string of the molecule is C=C(C)/C=C(\C=C/C)c1cccc2c1-c1ccccc1C21c2ccccc2-c2ccccc21.C=C/C=C(\C)S. The zero-order valence-electron chi connectivity index (χ0n) is 22.9. The van der Waals surface area contributed by atoms with Crippen molar-refractivity contribution in [3.63, 3.8) is 0 Å². The standard InChI is InChI=1S/C33H26.C5H8S/c1-4-12-23(21-22(2)3)24-16-11-20-31-32(24)27-15-7-10-19-30(27)33(31)28-17-8-5-13-25(28)26-14-6-9-18-29(26)33;1-3-4-5(2)6/h4-21H,2H2,1,3H3;3-4,6H,1H2,2H3/b12-4-,23-21+;5-4+. The molecule has 0 heterocycles. The van der Waals surface area contributed by atoms with Gasteiger partial charge in [0.05, 0.1) is 5.41 Å². The first kappa shape index (κ1) is 26.5. The van der Waals surface area contributed by atoms with E-state index in [2.05, 4.69) is 149 Å². The number of rotatable bonds is 4. The van der Waals surface area contributed by atoms with Crippen LogP contribution in [-0.2, 0) is 5.41 Å². The van der Waals surface area contributed by atoms with E-state index in [1.165, 1.54) is 55.6 Å². The third kappa shape index (κ3) is 4.37. The highest BCUT2D eigenvalue weighted by Crippen LogP contribution is 2.63. The van der Waals surface area contributed by atoms with Gasteiger partial charge in [0.15, 0.2) is 0 Å². The minimum atomic E-state index is -0.292. The molecule has 0 N–H and O–H groups in total. The van der Waals surface area contributed by atoms with Crippen LogP contribution < -0.4 is 0 Å². The van der Waals surface area contributed by atoms with E-state index in [4.69, 9.17) is 0 Å². The van der Waals surface area contributed by atoms with Gasteiger partial charge >= 0.3 is 0 Å². The molecule has 192 valence electrons. The van der Waals surface area contributed by atoms with Crippen molar-refractivity contribution in [2.45, 2.75) is 26.2 Å². The second-order valence-electron chi connectivity index (χ2n) is 10.1. The van der Waals surface area contributed by atoms with Gasteiger partial charge in [0, 0.05) is 0 Å². The molecule has 0 aliphatic heterocycles. The van der Waals surface area contributed by atoms with Gasteiger partial charge in [0.1, 0.15) is 0 Å². The molecular weight excluding hydrogens is 488 g/mol. The van der Waals surface area contributed by atoms with Crippen molar-refractivity contribution in [1.82, 2.24) is 0 Å². The van der Waals surface area contributed by atoms with Gasteiger partial charge in [0.2, 0.25) is 0 Å². The molecule has 0 bridgehead atoms. The largest absolute Gasteiger partial charge is 0.148 e. The minimum absolute atomic E-state index is 0.292. The van der Waals surface area contributed by atoms with Gasteiger partial charge in [-0.25, -0.2) is 0 Å². The Hall–Kier alpha value is -4.07. The van der Waals surface area contributed by atoms with Gasteiger partial charge in [-0.1, -0.05) is 140 Å². The molecule has 6 rings (SSSR count). The Kier molecular flexibility index (Phi) is 7.46. The predicted octanol–water partition coefficient (Wildman–Crippen LogP) is 10.6. The van der Waals surface area contributed by atoms with Crippen molar-refractivity contribution in [3.05, 3.63) is 173 Å². The number of benzene rings is 4. The normalized spacial score (nSPS) is 14.3. The van der Waals surface area contributed by atoms with Gasteiger partial charge < -0.3 is 0 Å². The number of allylic oxidation sites excluding steroid dienone is 8. The first-order chi connectivity index (χ1) is 18.9. The summed E-state index contributed by atoms with van der Waals surface area (Å²) in [5.74, 6) is 0. The van der Waals surface area contributed by atoms with Crippen molar-refractivity contribution in [2.75, 3.05) is 0 Å². The Morgan fingerprint density at radius 1 is 0.718 bits per heavy atom. The topological polar surface area (TPSA) is 0 Å². The highest BCUT2D eigenvalue weighted by molar-refractivity contribution is 7.84. The highest BCUT2D eigenvalue weighted by atomic mass is 32.1. The van der Waals surface area contributed by atoms with Crippen LogP contribution in [0.15, 0.2) is 145 Å². The molecule has 39 heavy (non-hydrogen) atoms. The van der Waals surface area contributed by atoms with E-state index in [-0.39, 0.29) is 5.41 Å². The van der Waals surface area contributed by atoms with E-state index >= 15 is 0 Å². The molecule has 1 spiro atoms. The summed E-state index contributed by atoms with van der Waals surface area (Å²) in [6, 6.07) is 33.7. The molecule has 2 aliphatic rings. The van der Waals surface area contributed by atoms with Crippen molar-refractivity contribution in [1.29, 1.82) is 0 Å². The summed E-state index contributed by atoms with van der Waals surface area (Å²) >= 11 is 3.97. The molecule has 0 saturated carbocycles. The van der Waals surface area contributed by atoms with Crippen molar-refractivity contribution >= 4 is 18.2 Å². The maximum atomic E-state index is 4.16. The van der Waals surface area contributed by atoms with Crippen LogP contribution in [0.2, 0.25) is 0 Å². The van der Waals surface area contributed by atoms with Crippen LogP contribution >= 0.6 is 12.6 Å². The average Bonchev–Trinajstić information content (AvgIpc) is 3.40. The Balaban J connectivity index is 0.000000465. The molecule has 0 amide bonds. The summed E-state index contributed by atoms with van der Waals surface area (Å²) in [4.78, 5) is 0.991. The highest BCUT2D eigenvalue weighted by Gasteiger charge is 2.51. The molecule has 0 radical (unpaired) electrons. The number of hydrogen-bond acceptors (Lipinski definition) is 1. The summed E-state index contributed by atoms with van der Waals surface area (Å²) in [5, 5.41) is 0. The molecule has 0 saturated heterocycles. The van der Waals surface area contributed by atoms with E-state index in [1.54, 1.807) is 6.08 Å². The van der Waals surface area contributed by atoms with E-state index in [9.17, 15) is 0 Å². The molecule has 4 aromatic rings. The zero-order chi connectivity index (χ0) is 27.6. The van der Waals surface area contributed by atoms with Crippen molar-refractivity contribution < 1.29 is 0 Å². The predicted molar refractivity (Wildman–Crippen MR) is 173 cm³/mol. The lowest BCUT2D eigenvalue weighted by Gasteiger charge is -2.30. The monoisotopic (exact) mass is 522 g/mol. The average molecular weight is 523 g/mol. The van der Waals surface area contributed by atoms with Crippen molar-refractivity contribution in [3.8, 4) is 22.3 Å². The van der Waals surface area contributed by atoms with Crippen LogP contribution in [0.1, 0.15) is 48.6 Å². The van der Waals surface area contributed by atoms with E-state index < -0.39 is 0 Å². The number of thiol groups is 1. The van der Waals surface area contributed by atoms with Crippen LogP contribution in [0.5, 0.6) is 0 Å². The maximum Gasteiger partial charge on any atom is 0.0725 e. The van der Waals surface area contributed by atoms with Crippen molar-refractivity contribution in [2.24, 2.45) is 0 Å². The summed E-state index contributed by atoms with van der Waals surface area (Å²) in [6.07, 6.45) is 10.1. The van der Waals surface area contributed by atoms with Gasteiger partial charge in [-0.3, -0.25) is 0 Å². The van der Waals surface area contributed by atoms with E-state index in [0.29, 0.717) is 0 Å². The molecule has 0 fully saturated rings. The first-order valence-corrected chi connectivity index (χ1v) is 13.8. The zero-order valence-corrected chi connectivity index (χ0v) is 23.8. The fourth-order valence-corrected chi connectivity index (χ4v) is 6.32. The molecule has 1 heteroatoms. The Morgan fingerprint density at radius 3 is 1.72 bits per heavy atom.